The molecular formula is C6H8BrNS. The van der Waals surface area contributed by atoms with E-state index in [9.17, 15) is 0 Å². The zero-order chi connectivity index (χ0) is 12.8. The molecule has 0 aliphatic heterocycles. The molecule has 0 radical (unpaired) electrons. The Bertz CT molecular complexity index is 384. The van der Waals surface area contributed by atoms with Crippen molar-refractivity contribution in [2.24, 2.45) is 0 Å². The van der Waals surface area contributed by atoms with Gasteiger partial charge in [-0.2, -0.15) is 0 Å². The first-order chi connectivity index (χ1) is 7.00. The van der Waals surface area contributed by atoms with Gasteiger partial charge in [0.15, 0.2) is 0 Å². The Morgan fingerprint density at radius 1 is 2.11 bits per heavy atom. The second-order valence-electron chi connectivity index (χ2n) is 1.22. The Morgan fingerprint density at radius 2 is 3.00 bits per heavy atom. The van der Waals surface area contributed by atoms with Crippen LogP contribution < -0.4 is 0 Å². The second kappa shape index (κ2) is 3.32. The molecule has 1 aromatic heterocycles. The topological polar surface area (TPSA) is 12.9 Å². The van der Waals surface area contributed by atoms with E-state index in [0.717, 1.165) is 11.3 Å². The van der Waals surface area contributed by atoms with E-state index in [1.54, 1.807) is 0 Å². The van der Waals surface area contributed by atoms with Crippen molar-refractivity contribution in [3.8, 4) is 0 Å². The van der Waals surface area contributed by atoms with E-state index in [1.807, 2.05) is 0 Å². The van der Waals surface area contributed by atoms with Gasteiger partial charge in [0.2, 0.25) is 0 Å². The van der Waals surface area contributed by atoms with Crippen molar-refractivity contribution in [3.63, 3.8) is 0 Å². The van der Waals surface area contributed by atoms with Crippen LogP contribution in [0.3, 0.4) is 0 Å². The monoisotopic (exact) mass is 212 g/mol. The number of rotatable bonds is 2. The van der Waals surface area contributed by atoms with Crippen molar-refractivity contribution in [1.82, 2.24) is 4.98 Å². The molecule has 0 saturated carbocycles. The lowest BCUT2D eigenvalue weighted by molar-refractivity contribution is 0.909. The molecule has 0 unspecified atom stereocenters. The van der Waals surface area contributed by atoms with Gasteiger partial charge in [-0.05, 0) is 28.7 Å². The smallest absolute Gasteiger partial charge is 0.0936 e. The molecule has 1 rings (SSSR count). The standard InChI is InChI=1S/C6H8BrNS/c1-2-3-6-8-4-5(7)9-6/h4H,2-3H2,1H3/i1D3,2D2,3D2. The van der Waals surface area contributed by atoms with Crippen molar-refractivity contribution in [1.29, 1.82) is 0 Å². The highest BCUT2D eigenvalue weighted by Crippen LogP contribution is 2.19. The largest absolute Gasteiger partial charge is 0.248 e. The van der Waals surface area contributed by atoms with Gasteiger partial charge in [0.25, 0.3) is 0 Å². The van der Waals surface area contributed by atoms with E-state index in [0.29, 0.717) is 3.79 Å². The summed E-state index contributed by atoms with van der Waals surface area (Å²) in [5.74, 6) is 0. The van der Waals surface area contributed by atoms with Crippen LogP contribution in [0.1, 0.15) is 27.8 Å². The third-order valence-electron chi connectivity index (χ3n) is 0.647. The maximum absolute atomic E-state index is 7.60. The van der Waals surface area contributed by atoms with Gasteiger partial charge in [-0.1, -0.05) is 6.85 Å². The summed E-state index contributed by atoms with van der Waals surface area (Å²) in [4.78, 5) is 3.67. The quantitative estimate of drug-likeness (QED) is 0.736. The van der Waals surface area contributed by atoms with Gasteiger partial charge in [0.1, 0.15) is 0 Å². The van der Waals surface area contributed by atoms with Gasteiger partial charge in [0, 0.05) is 9.60 Å². The molecule has 0 saturated heterocycles. The summed E-state index contributed by atoms with van der Waals surface area (Å²) < 4.78 is 51.6. The third-order valence-corrected chi connectivity index (χ3v) is 2.04. The predicted molar refractivity (Wildman–Crippen MR) is 43.8 cm³/mol. The van der Waals surface area contributed by atoms with Crippen LogP contribution in [0.4, 0.5) is 0 Å². The van der Waals surface area contributed by atoms with Crippen molar-refractivity contribution < 1.29 is 9.60 Å². The van der Waals surface area contributed by atoms with Crippen molar-refractivity contribution in [3.05, 3.63) is 15.0 Å². The minimum Gasteiger partial charge on any atom is -0.248 e. The van der Waals surface area contributed by atoms with Crippen LogP contribution in [0, 0.1) is 0 Å². The molecule has 1 nitrogen and oxygen atoms in total. The zero-order valence-corrected chi connectivity index (χ0v) is 6.71. The summed E-state index contributed by atoms with van der Waals surface area (Å²) in [6.45, 7) is -3.05. The van der Waals surface area contributed by atoms with E-state index in [4.69, 9.17) is 9.60 Å². The number of aryl methyl sites for hydroxylation is 1. The normalized spacial score (nSPS) is 26.1. The Morgan fingerprint density at radius 3 is 3.56 bits per heavy atom. The molecule has 1 heterocycles. The van der Waals surface area contributed by atoms with Gasteiger partial charge in [-0.3, -0.25) is 0 Å². The predicted octanol–water partition coefficient (Wildman–Crippen LogP) is 2.86. The van der Waals surface area contributed by atoms with Gasteiger partial charge in [-0.15, -0.1) is 11.3 Å². The van der Waals surface area contributed by atoms with Crippen molar-refractivity contribution >= 4 is 27.3 Å². The molecule has 0 bridgehead atoms. The van der Waals surface area contributed by atoms with Crippen LogP contribution in [-0.4, -0.2) is 4.98 Å². The summed E-state index contributed by atoms with van der Waals surface area (Å²) in [5, 5.41) is -0.194. The first-order valence-corrected chi connectivity index (χ1v) is 3.73. The molecule has 0 amide bonds. The summed E-state index contributed by atoms with van der Waals surface area (Å²) in [6, 6.07) is 0. The number of hydrogen-bond acceptors (Lipinski definition) is 2. The minimum atomic E-state index is -3.05. The summed E-state index contributed by atoms with van der Waals surface area (Å²) >= 11 is 3.95. The highest BCUT2D eigenvalue weighted by Gasteiger charge is 1.95. The first kappa shape index (κ1) is 2.31. The SMILES string of the molecule is [2H]C([2H])([2H])C([2H])([2H])C([2H])([2H])c1ncc(Br)s1. The van der Waals surface area contributed by atoms with Crippen LogP contribution in [0.2, 0.25) is 0 Å². The molecule has 3 heteroatoms. The van der Waals surface area contributed by atoms with Crippen LogP contribution in [-0.2, 0) is 6.37 Å². The lowest BCUT2D eigenvalue weighted by Gasteiger charge is -1.84. The number of hydrogen-bond donors (Lipinski definition) is 0. The zero-order valence-electron chi connectivity index (χ0n) is 11.3. The van der Waals surface area contributed by atoms with E-state index >= 15 is 0 Å². The Kier molecular flexibility index (Phi) is 0.852. The van der Waals surface area contributed by atoms with Gasteiger partial charge in [-0.25, -0.2) is 4.98 Å². The molecule has 0 fully saturated rings. The first-order valence-electron chi connectivity index (χ1n) is 5.62. The molecule has 0 spiro atoms. The summed E-state index contributed by atoms with van der Waals surface area (Å²) in [7, 11) is 0. The highest BCUT2D eigenvalue weighted by molar-refractivity contribution is 9.11. The van der Waals surface area contributed by atoms with Crippen LogP contribution >= 0.6 is 27.3 Å². The van der Waals surface area contributed by atoms with Gasteiger partial charge in [0.05, 0.1) is 15.0 Å². The second-order valence-corrected chi connectivity index (χ2v) is 3.63. The van der Waals surface area contributed by atoms with Crippen molar-refractivity contribution in [2.45, 2.75) is 19.6 Å². The fourth-order valence-electron chi connectivity index (χ4n) is 0.366. The number of thiazole rings is 1. The molecular weight excluding hydrogens is 198 g/mol. The Hall–Kier alpha value is 0.110. The van der Waals surface area contributed by atoms with E-state index < -0.39 is 19.6 Å². The maximum Gasteiger partial charge on any atom is 0.0936 e. The Labute approximate surface area is 77.1 Å². The number of nitrogens with zero attached hydrogens (tertiary/aromatic N) is 1. The number of halogens is 1. The average Bonchev–Trinajstić information content (AvgIpc) is 2.49. The molecule has 0 aliphatic rings. The van der Waals surface area contributed by atoms with Crippen LogP contribution in [0.5, 0.6) is 0 Å². The van der Waals surface area contributed by atoms with Crippen LogP contribution in [0.15, 0.2) is 9.98 Å². The lowest BCUT2D eigenvalue weighted by atomic mass is 10.4. The van der Waals surface area contributed by atoms with Gasteiger partial charge >= 0.3 is 0 Å². The number of aromatic nitrogens is 1. The van der Waals surface area contributed by atoms with E-state index in [-0.39, 0.29) is 5.01 Å². The summed E-state index contributed by atoms with van der Waals surface area (Å²) in [6.07, 6.45) is -4.33. The fraction of sp³-hybridized carbons (Fsp3) is 0.500. The summed E-state index contributed by atoms with van der Waals surface area (Å²) in [5.41, 5.74) is 0. The Balaban J connectivity index is 3.21. The molecule has 0 atom stereocenters. The molecule has 1 aromatic rings. The molecule has 0 aromatic carbocycles. The third kappa shape index (κ3) is 2.06. The maximum atomic E-state index is 7.60. The average molecular weight is 213 g/mol. The fourth-order valence-corrected chi connectivity index (χ4v) is 1.43. The van der Waals surface area contributed by atoms with E-state index in [2.05, 4.69) is 20.9 Å². The molecule has 0 aliphatic carbocycles. The highest BCUT2D eigenvalue weighted by atomic mass is 79.9. The van der Waals surface area contributed by atoms with Crippen LogP contribution in [0.25, 0.3) is 0 Å². The molecule has 9 heavy (non-hydrogen) atoms. The van der Waals surface area contributed by atoms with Gasteiger partial charge < -0.3 is 0 Å². The van der Waals surface area contributed by atoms with E-state index in [1.165, 1.54) is 6.20 Å². The van der Waals surface area contributed by atoms with Crippen molar-refractivity contribution in [2.75, 3.05) is 0 Å². The molecule has 0 N–H and O–H groups in total. The lowest BCUT2D eigenvalue weighted by Crippen LogP contribution is -1.76. The minimum absolute atomic E-state index is 0.194. The molecule has 50 valence electrons.